The summed E-state index contributed by atoms with van der Waals surface area (Å²) in [6.07, 6.45) is 11.0. The molecule has 5 rings (SSSR count). The highest BCUT2D eigenvalue weighted by Gasteiger charge is 2.62. The van der Waals surface area contributed by atoms with Crippen molar-refractivity contribution in [2.45, 2.75) is 55.9 Å². The lowest BCUT2D eigenvalue weighted by Gasteiger charge is -2.31. The lowest BCUT2D eigenvalue weighted by molar-refractivity contribution is 0.475. The summed E-state index contributed by atoms with van der Waals surface area (Å²) < 4.78 is 0. The number of hydrogen-bond acceptors (Lipinski definition) is 0. The number of hydrogen-bond donors (Lipinski definition) is 0. The van der Waals surface area contributed by atoms with Crippen molar-refractivity contribution in [1.82, 2.24) is 0 Å². The van der Waals surface area contributed by atoms with E-state index in [9.17, 15) is 0 Å². The highest BCUT2D eigenvalue weighted by atomic mass is 35.5. The molecule has 1 aromatic carbocycles. The van der Waals surface area contributed by atoms with Crippen molar-refractivity contribution in [2.24, 2.45) is 11.8 Å². The van der Waals surface area contributed by atoms with Crippen molar-refractivity contribution in [2.75, 3.05) is 0 Å². The van der Waals surface area contributed by atoms with Gasteiger partial charge in [-0.3, -0.25) is 0 Å². The predicted molar refractivity (Wildman–Crippen MR) is 122 cm³/mol. The van der Waals surface area contributed by atoms with Crippen molar-refractivity contribution in [1.29, 1.82) is 0 Å². The van der Waals surface area contributed by atoms with E-state index < -0.39 is 19.5 Å². The smallest absolute Gasteiger partial charge is 0.0813 e. The van der Waals surface area contributed by atoms with E-state index in [2.05, 4.69) is 24.3 Å². The van der Waals surface area contributed by atoms with Crippen molar-refractivity contribution < 1.29 is 0 Å². The molecule has 4 bridgehead atoms. The molecule has 0 spiro atoms. The van der Waals surface area contributed by atoms with E-state index in [1.807, 2.05) is 24.3 Å². The second-order valence-electron chi connectivity index (χ2n) is 8.97. The van der Waals surface area contributed by atoms with Gasteiger partial charge in [-0.15, -0.1) is 69.6 Å². The summed E-state index contributed by atoms with van der Waals surface area (Å²) in [5, 5.41) is -0.324. The molecule has 1 aromatic rings. The van der Waals surface area contributed by atoms with Crippen molar-refractivity contribution in [3.63, 3.8) is 0 Å². The van der Waals surface area contributed by atoms with Gasteiger partial charge >= 0.3 is 0 Å². The molecule has 0 aliphatic heterocycles. The molecular weight excluding hydrogens is 477 g/mol. The van der Waals surface area contributed by atoms with E-state index in [1.165, 1.54) is 11.1 Å². The van der Waals surface area contributed by atoms with Crippen molar-refractivity contribution in [3.8, 4) is 0 Å². The maximum absolute atomic E-state index is 6.82. The first-order valence-corrected chi connectivity index (χ1v) is 12.0. The molecule has 150 valence electrons. The summed E-state index contributed by atoms with van der Waals surface area (Å²) in [5.41, 5.74) is 2.43. The molecule has 2 fully saturated rings. The summed E-state index contributed by atoms with van der Waals surface area (Å²) in [6, 6.07) is 8.61. The fourth-order valence-electron chi connectivity index (χ4n) is 5.53. The zero-order chi connectivity index (χ0) is 19.9. The molecule has 8 unspecified atom stereocenters. The third kappa shape index (κ3) is 2.93. The minimum Gasteiger partial charge on any atom is -0.120 e. The minimum atomic E-state index is -0.509. The standard InChI is InChI=1S/C22H20Cl6/c23-17-15(19(25)5-7-21(17,27)11-19)9-13-1-2-14(4-3-13)10-16-18(24)22(28)8-6-20(16,26)12-22/h1-8,15-18H,9-12H2. The summed E-state index contributed by atoms with van der Waals surface area (Å²) in [4.78, 5) is -1.89. The summed E-state index contributed by atoms with van der Waals surface area (Å²) >= 11 is 40.3. The minimum absolute atomic E-state index is 0.120. The fourth-order valence-corrected chi connectivity index (χ4v) is 8.57. The summed E-state index contributed by atoms with van der Waals surface area (Å²) in [7, 11) is 0. The Kier molecular flexibility index (Phi) is 4.70. The Morgan fingerprint density at radius 3 is 1.21 bits per heavy atom. The zero-order valence-electron chi connectivity index (χ0n) is 15.0. The lowest BCUT2D eigenvalue weighted by Crippen LogP contribution is -2.35. The van der Waals surface area contributed by atoms with Crippen LogP contribution in [-0.4, -0.2) is 30.3 Å². The first kappa shape index (κ1) is 20.3. The Labute approximate surface area is 196 Å². The Morgan fingerprint density at radius 2 is 0.929 bits per heavy atom. The third-order valence-electron chi connectivity index (χ3n) is 7.15. The van der Waals surface area contributed by atoms with Gasteiger partial charge in [0, 0.05) is 11.8 Å². The topological polar surface area (TPSA) is 0 Å². The van der Waals surface area contributed by atoms with Crippen LogP contribution in [0.25, 0.3) is 0 Å². The monoisotopic (exact) mass is 494 g/mol. The number of allylic oxidation sites excluding steroid dienone is 4. The molecule has 2 saturated carbocycles. The molecule has 4 aliphatic carbocycles. The molecule has 0 N–H and O–H groups in total. The van der Waals surface area contributed by atoms with E-state index in [0.29, 0.717) is 12.8 Å². The van der Waals surface area contributed by atoms with Gasteiger partial charge in [0.25, 0.3) is 0 Å². The number of fused-ring (bicyclic) bond motifs is 4. The second-order valence-corrected chi connectivity index (χ2v) is 12.7. The van der Waals surface area contributed by atoms with Crippen LogP contribution in [0, 0.1) is 11.8 Å². The van der Waals surface area contributed by atoms with Gasteiger partial charge in [0.1, 0.15) is 0 Å². The number of benzene rings is 1. The van der Waals surface area contributed by atoms with E-state index in [1.54, 1.807) is 0 Å². The molecule has 4 aliphatic rings. The van der Waals surface area contributed by atoms with Crippen LogP contribution in [0.15, 0.2) is 48.6 Å². The van der Waals surface area contributed by atoms with E-state index >= 15 is 0 Å². The van der Waals surface area contributed by atoms with Gasteiger partial charge < -0.3 is 0 Å². The molecule has 0 saturated heterocycles. The normalized spacial score (nSPS) is 50.8. The molecule has 0 amide bonds. The average molecular weight is 497 g/mol. The van der Waals surface area contributed by atoms with E-state index in [0.717, 1.165) is 12.8 Å². The zero-order valence-corrected chi connectivity index (χ0v) is 19.6. The average Bonchev–Trinajstić information content (AvgIpc) is 3.25. The van der Waals surface area contributed by atoms with Crippen molar-refractivity contribution >= 4 is 69.6 Å². The number of alkyl halides is 6. The van der Waals surface area contributed by atoms with Crippen LogP contribution < -0.4 is 0 Å². The molecule has 28 heavy (non-hydrogen) atoms. The SMILES string of the molecule is ClC1C(Cc2ccc(CC3C(Cl)C4(Cl)C=CC3(Cl)C4)cc2)C2(Cl)C=CC1(Cl)C2. The van der Waals surface area contributed by atoms with Crippen LogP contribution in [0.2, 0.25) is 0 Å². The molecular formula is C22H20Cl6. The molecule has 0 radical (unpaired) electrons. The molecule has 0 aromatic heterocycles. The Morgan fingerprint density at radius 1 is 0.607 bits per heavy atom. The van der Waals surface area contributed by atoms with E-state index in [4.69, 9.17) is 69.6 Å². The Bertz CT molecular complexity index is 793. The van der Waals surface area contributed by atoms with Gasteiger partial charge in [-0.05, 0) is 36.8 Å². The van der Waals surface area contributed by atoms with Crippen LogP contribution in [0.1, 0.15) is 24.0 Å². The first-order valence-electron chi connectivity index (χ1n) is 9.59. The lowest BCUT2D eigenvalue weighted by atomic mass is 9.84. The summed E-state index contributed by atoms with van der Waals surface area (Å²) in [6.45, 7) is 0. The van der Waals surface area contributed by atoms with Gasteiger partial charge in [0.05, 0.1) is 30.3 Å². The fraction of sp³-hybridized carbons (Fsp3) is 0.545. The second kappa shape index (κ2) is 6.47. The molecule has 0 heterocycles. The highest BCUT2D eigenvalue weighted by Crippen LogP contribution is 2.60. The Balaban J connectivity index is 1.30. The quantitative estimate of drug-likeness (QED) is 0.308. The molecule has 0 nitrogen and oxygen atoms in total. The molecule has 8 atom stereocenters. The van der Waals surface area contributed by atoms with Crippen molar-refractivity contribution in [3.05, 3.63) is 59.7 Å². The summed E-state index contributed by atoms with van der Waals surface area (Å²) in [5.74, 6) is 0.239. The highest BCUT2D eigenvalue weighted by molar-refractivity contribution is 6.39. The number of halogens is 6. The predicted octanol–water partition coefficient (Wildman–Crippen LogP) is 7.08. The van der Waals surface area contributed by atoms with Crippen LogP contribution >= 0.6 is 69.6 Å². The first-order chi connectivity index (χ1) is 13.1. The van der Waals surface area contributed by atoms with Gasteiger partial charge in [0.15, 0.2) is 0 Å². The van der Waals surface area contributed by atoms with Gasteiger partial charge in [0.2, 0.25) is 0 Å². The maximum atomic E-state index is 6.82. The number of rotatable bonds is 4. The van der Waals surface area contributed by atoms with Crippen LogP contribution in [0.5, 0.6) is 0 Å². The maximum Gasteiger partial charge on any atom is 0.0813 e. The van der Waals surface area contributed by atoms with E-state index in [-0.39, 0.29) is 22.6 Å². The largest absolute Gasteiger partial charge is 0.120 e. The van der Waals surface area contributed by atoms with Crippen LogP contribution in [-0.2, 0) is 12.8 Å². The molecule has 6 heteroatoms. The van der Waals surface area contributed by atoms with Crippen LogP contribution in [0.4, 0.5) is 0 Å². The van der Waals surface area contributed by atoms with Crippen LogP contribution in [0.3, 0.4) is 0 Å². The third-order valence-corrected chi connectivity index (χ3v) is 10.8. The van der Waals surface area contributed by atoms with Gasteiger partial charge in [-0.1, -0.05) is 48.6 Å². The Hall–Kier alpha value is 0.440. The van der Waals surface area contributed by atoms with Gasteiger partial charge in [-0.25, -0.2) is 0 Å². The van der Waals surface area contributed by atoms with Gasteiger partial charge in [-0.2, -0.15) is 0 Å².